The molecule has 0 N–H and O–H groups in total. The van der Waals surface area contributed by atoms with Gasteiger partial charge in [0.1, 0.15) is 5.75 Å². The number of hydrogen-bond acceptors (Lipinski definition) is 2. The van der Waals surface area contributed by atoms with Crippen LogP contribution >= 0.6 is 11.6 Å². The summed E-state index contributed by atoms with van der Waals surface area (Å²) in [6, 6.07) is 7.77. The van der Waals surface area contributed by atoms with Gasteiger partial charge in [-0.1, -0.05) is 11.8 Å². The second kappa shape index (κ2) is 7.31. The van der Waals surface area contributed by atoms with Gasteiger partial charge in [0.15, 0.2) is 0 Å². The summed E-state index contributed by atoms with van der Waals surface area (Å²) in [6.45, 7) is 1.61. The summed E-state index contributed by atoms with van der Waals surface area (Å²) in [5.41, 5.74) is 0.960. The van der Waals surface area contributed by atoms with E-state index in [1.807, 2.05) is 24.3 Å². The minimum absolute atomic E-state index is 0.361. The van der Waals surface area contributed by atoms with Crippen molar-refractivity contribution in [2.45, 2.75) is 25.4 Å². The Hall–Kier alpha value is -1.17. The monoisotopic (exact) mass is 264 g/mol. The van der Waals surface area contributed by atoms with Crippen LogP contribution in [-0.4, -0.2) is 25.2 Å². The summed E-state index contributed by atoms with van der Waals surface area (Å²) < 4.78 is 11.2. The largest absolute Gasteiger partial charge is 0.493 e. The molecule has 96 valence electrons. The topological polar surface area (TPSA) is 18.5 Å². The third-order valence-electron chi connectivity index (χ3n) is 2.89. The van der Waals surface area contributed by atoms with E-state index in [2.05, 4.69) is 11.8 Å². The zero-order valence-electron chi connectivity index (χ0n) is 10.3. The predicted molar refractivity (Wildman–Crippen MR) is 73.1 cm³/mol. The Bertz CT molecular complexity index is 410. The molecule has 0 bridgehead atoms. The summed E-state index contributed by atoms with van der Waals surface area (Å²) in [4.78, 5) is 0. The van der Waals surface area contributed by atoms with Crippen molar-refractivity contribution in [2.75, 3.05) is 19.1 Å². The first-order chi connectivity index (χ1) is 8.88. The highest BCUT2D eigenvalue weighted by Gasteiger charge is 2.14. The van der Waals surface area contributed by atoms with Crippen LogP contribution in [0.3, 0.4) is 0 Å². The molecular formula is C15H17ClO2. The highest BCUT2D eigenvalue weighted by molar-refractivity contribution is 6.19. The molecule has 0 spiro atoms. The minimum Gasteiger partial charge on any atom is -0.493 e. The Kier molecular flexibility index (Phi) is 5.38. The standard InChI is InChI=1S/C15H17ClO2/c16-10-1-3-13-5-7-15(8-6-13)18-12-9-14-4-2-11-17-14/h5-8,14H,2,4,9-12H2. The molecule has 1 aliphatic heterocycles. The van der Waals surface area contributed by atoms with Gasteiger partial charge in [0, 0.05) is 18.6 Å². The molecule has 3 heteroatoms. The van der Waals surface area contributed by atoms with Gasteiger partial charge in [0.2, 0.25) is 0 Å². The molecule has 18 heavy (non-hydrogen) atoms. The lowest BCUT2D eigenvalue weighted by atomic mass is 10.2. The second-order valence-electron chi connectivity index (χ2n) is 4.23. The van der Waals surface area contributed by atoms with E-state index in [0.29, 0.717) is 18.6 Å². The molecule has 1 fully saturated rings. The minimum atomic E-state index is 0.361. The van der Waals surface area contributed by atoms with Crippen molar-refractivity contribution in [2.24, 2.45) is 0 Å². The summed E-state index contributed by atoms with van der Waals surface area (Å²) in [5.74, 6) is 7.03. The fourth-order valence-electron chi connectivity index (χ4n) is 1.95. The zero-order chi connectivity index (χ0) is 12.6. The molecule has 1 aromatic rings. The molecule has 2 nitrogen and oxygen atoms in total. The Morgan fingerprint density at radius 1 is 1.33 bits per heavy atom. The number of alkyl halides is 1. The van der Waals surface area contributed by atoms with Gasteiger partial charge < -0.3 is 9.47 Å². The van der Waals surface area contributed by atoms with Crippen LogP contribution < -0.4 is 4.74 Å². The molecule has 1 aliphatic rings. The van der Waals surface area contributed by atoms with Gasteiger partial charge in [-0.25, -0.2) is 0 Å². The molecule has 0 saturated carbocycles. The first kappa shape index (κ1) is 13.3. The van der Waals surface area contributed by atoms with E-state index in [-0.39, 0.29) is 0 Å². The lowest BCUT2D eigenvalue weighted by Crippen LogP contribution is -2.10. The van der Waals surface area contributed by atoms with Crippen LogP contribution in [0.25, 0.3) is 0 Å². The van der Waals surface area contributed by atoms with Gasteiger partial charge in [0.25, 0.3) is 0 Å². The first-order valence-electron chi connectivity index (χ1n) is 6.28. The number of benzene rings is 1. The Morgan fingerprint density at radius 3 is 2.83 bits per heavy atom. The first-order valence-corrected chi connectivity index (χ1v) is 6.81. The SMILES string of the molecule is ClCC#Cc1ccc(OCCC2CCCO2)cc1. The maximum atomic E-state index is 5.67. The van der Waals surface area contributed by atoms with Crippen molar-refractivity contribution in [1.29, 1.82) is 0 Å². The summed E-state index contributed by atoms with van der Waals surface area (Å²) >= 11 is 5.50. The highest BCUT2D eigenvalue weighted by Crippen LogP contribution is 2.17. The van der Waals surface area contributed by atoms with E-state index < -0.39 is 0 Å². The van der Waals surface area contributed by atoms with Crippen molar-refractivity contribution < 1.29 is 9.47 Å². The maximum absolute atomic E-state index is 5.67. The normalized spacial score (nSPS) is 18.2. The van der Waals surface area contributed by atoms with Crippen molar-refractivity contribution in [3.05, 3.63) is 29.8 Å². The second-order valence-corrected chi connectivity index (χ2v) is 4.50. The van der Waals surface area contributed by atoms with Crippen molar-refractivity contribution >= 4 is 11.6 Å². The van der Waals surface area contributed by atoms with Crippen molar-refractivity contribution in [1.82, 2.24) is 0 Å². The van der Waals surface area contributed by atoms with Gasteiger partial charge >= 0.3 is 0 Å². The predicted octanol–water partition coefficient (Wildman–Crippen LogP) is 3.22. The van der Waals surface area contributed by atoms with Gasteiger partial charge in [-0.05, 0) is 37.1 Å². The molecule has 0 aromatic heterocycles. The maximum Gasteiger partial charge on any atom is 0.119 e. The van der Waals surface area contributed by atoms with Crippen LogP contribution in [0.1, 0.15) is 24.8 Å². The number of rotatable bonds is 4. The van der Waals surface area contributed by atoms with Gasteiger partial charge in [-0.3, -0.25) is 0 Å². The lowest BCUT2D eigenvalue weighted by molar-refractivity contribution is 0.0903. The van der Waals surface area contributed by atoms with E-state index in [1.54, 1.807) is 0 Å². The Labute approximate surface area is 113 Å². The molecule has 1 atom stereocenters. The molecule has 0 radical (unpaired) electrons. The molecule has 0 aliphatic carbocycles. The number of ether oxygens (including phenoxy) is 2. The lowest BCUT2D eigenvalue weighted by Gasteiger charge is -2.10. The van der Waals surface area contributed by atoms with E-state index in [0.717, 1.165) is 30.8 Å². The van der Waals surface area contributed by atoms with E-state index >= 15 is 0 Å². The summed E-state index contributed by atoms with van der Waals surface area (Å²) in [6.07, 6.45) is 3.70. The van der Waals surface area contributed by atoms with Crippen LogP contribution in [-0.2, 0) is 4.74 Å². The number of hydrogen-bond donors (Lipinski definition) is 0. The summed E-state index contributed by atoms with van der Waals surface area (Å²) in [7, 11) is 0. The zero-order valence-corrected chi connectivity index (χ0v) is 11.1. The molecule has 1 saturated heterocycles. The Morgan fingerprint density at radius 2 is 2.17 bits per heavy atom. The van der Waals surface area contributed by atoms with Crippen LogP contribution in [0.2, 0.25) is 0 Å². The molecular weight excluding hydrogens is 248 g/mol. The van der Waals surface area contributed by atoms with Gasteiger partial charge in [0.05, 0.1) is 18.6 Å². The van der Waals surface area contributed by atoms with Crippen molar-refractivity contribution in [3.8, 4) is 17.6 Å². The Balaban J connectivity index is 1.75. The molecule has 1 aromatic carbocycles. The third-order valence-corrected chi connectivity index (χ3v) is 3.02. The fraction of sp³-hybridized carbons (Fsp3) is 0.467. The average Bonchev–Trinajstić information content (AvgIpc) is 2.91. The number of halogens is 1. The van der Waals surface area contributed by atoms with Gasteiger partial charge in [-0.15, -0.1) is 11.6 Å². The van der Waals surface area contributed by atoms with Crippen molar-refractivity contribution in [3.63, 3.8) is 0 Å². The fourth-order valence-corrected chi connectivity index (χ4v) is 2.02. The van der Waals surface area contributed by atoms with E-state index in [4.69, 9.17) is 21.1 Å². The quantitative estimate of drug-likeness (QED) is 0.614. The van der Waals surface area contributed by atoms with E-state index in [1.165, 1.54) is 6.42 Å². The van der Waals surface area contributed by atoms with Crippen LogP contribution in [0.15, 0.2) is 24.3 Å². The molecule has 1 unspecified atom stereocenters. The smallest absolute Gasteiger partial charge is 0.119 e. The average molecular weight is 265 g/mol. The molecule has 2 rings (SSSR count). The summed E-state index contributed by atoms with van der Waals surface area (Å²) in [5, 5.41) is 0. The molecule has 0 amide bonds. The van der Waals surface area contributed by atoms with Gasteiger partial charge in [-0.2, -0.15) is 0 Å². The van der Waals surface area contributed by atoms with E-state index in [9.17, 15) is 0 Å². The third kappa shape index (κ3) is 4.25. The van der Waals surface area contributed by atoms with Crippen LogP contribution in [0, 0.1) is 11.8 Å². The van der Waals surface area contributed by atoms with Crippen LogP contribution in [0.5, 0.6) is 5.75 Å². The highest BCUT2D eigenvalue weighted by atomic mass is 35.5. The molecule has 1 heterocycles. The van der Waals surface area contributed by atoms with Crippen LogP contribution in [0.4, 0.5) is 0 Å².